The normalized spacial score (nSPS) is 11.1. The summed E-state index contributed by atoms with van der Waals surface area (Å²) in [4.78, 5) is 0. The molecule has 16 heavy (non-hydrogen) atoms. The number of aliphatic hydroxyl groups is 1. The number of ether oxygens (including phenoxy) is 1. The van der Waals surface area contributed by atoms with Crippen LogP contribution in [0.25, 0.3) is 10.8 Å². The van der Waals surface area contributed by atoms with Gasteiger partial charge in [0.05, 0.1) is 13.4 Å². The van der Waals surface area contributed by atoms with Gasteiger partial charge in [-0.2, -0.15) is 0 Å². The zero-order valence-electron chi connectivity index (χ0n) is 9.18. The Morgan fingerprint density at radius 1 is 1.12 bits per heavy atom. The van der Waals surface area contributed by atoms with Gasteiger partial charge in [0.15, 0.2) is 0 Å². The molecular formula is C14H14O2. The highest BCUT2D eigenvalue weighted by molar-refractivity contribution is 5.84. The van der Waals surface area contributed by atoms with Crippen LogP contribution in [0.2, 0.25) is 0 Å². The lowest BCUT2D eigenvalue weighted by atomic mass is 10.0. The summed E-state index contributed by atoms with van der Waals surface area (Å²) in [6.45, 7) is 0. The van der Waals surface area contributed by atoms with Crippen LogP contribution in [0.1, 0.15) is 5.56 Å². The van der Waals surface area contributed by atoms with Gasteiger partial charge in [0.25, 0.3) is 0 Å². The summed E-state index contributed by atoms with van der Waals surface area (Å²) < 4.78 is 5.17. The van der Waals surface area contributed by atoms with Crippen molar-refractivity contribution in [2.24, 2.45) is 0 Å². The Labute approximate surface area is 94.8 Å². The summed E-state index contributed by atoms with van der Waals surface area (Å²) in [5.74, 6) is 0.871. The smallest absolute Gasteiger partial charge is 0.119 e. The van der Waals surface area contributed by atoms with E-state index in [2.05, 4.69) is 18.2 Å². The Balaban J connectivity index is 2.39. The van der Waals surface area contributed by atoms with Crippen molar-refractivity contribution in [2.75, 3.05) is 7.11 Å². The number of hydrogen-bond acceptors (Lipinski definition) is 2. The van der Waals surface area contributed by atoms with Crippen LogP contribution in [-0.4, -0.2) is 12.2 Å². The molecule has 0 unspecified atom stereocenters. The number of fused-ring (bicyclic) bond motifs is 1. The van der Waals surface area contributed by atoms with Gasteiger partial charge in [-0.25, -0.2) is 0 Å². The Morgan fingerprint density at radius 3 is 2.62 bits per heavy atom. The molecule has 2 heteroatoms. The van der Waals surface area contributed by atoms with Gasteiger partial charge >= 0.3 is 0 Å². The van der Waals surface area contributed by atoms with Crippen molar-refractivity contribution in [3.05, 3.63) is 54.3 Å². The molecular weight excluding hydrogens is 200 g/mol. The maximum atomic E-state index is 8.61. The summed E-state index contributed by atoms with van der Waals surface area (Å²) in [5, 5.41) is 11.0. The van der Waals surface area contributed by atoms with Crippen LogP contribution in [0.5, 0.6) is 5.75 Å². The highest BCUT2D eigenvalue weighted by Gasteiger charge is 1.97. The molecule has 0 aliphatic heterocycles. The van der Waals surface area contributed by atoms with Crippen molar-refractivity contribution < 1.29 is 9.84 Å². The fourth-order valence-electron chi connectivity index (χ4n) is 1.72. The molecule has 2 aromatic carbocycles. The predicted molar refractivity (Wildman–Crippen MR) is 66.0 cm³/mol. The maximum absolute atomic E-state index is 8.61. The van der Waals surface area contributed by atoms with Crippen LogP contribution < -0.4 is 4.74 Å². The second-order valence-corrected chi connectivity index (χ2v) is 3.64. The van der Waals surface area contributed by atoms with Crippen LogP contribution in [0, 0.1) is 0 Å². The summed E-state index contributed by atoms with van der Waals surface area (Å²) in [6.07, 6.45) is 3.56. The Hall–Kier alpha value is -1.96. The summed E-state index contributed by atoms with van der Waals surface area (Å²) in [7, 11) is 1.67. The third-order valence-corrected chi connectivity index (χ3v) is 2.57. The Kier molecular flexibility index (Phi) is 3.10. The summed E-state index contributed by atoms with van der Waals surface area (Å²) >= 11 is 0. The molecule has 82 valence electrons. The van der Waals surface area contributed by atoms with E-state index in [0.717, 1.165) is 23.8 Å². The summed E-state index contributed by atoms with van der Waals surface area (Å²) in [5.41, 5.74) is 1.18. The lowest BCUT2D eigenvalue weighted by Crippen LogP contribution is -1.84. The average molecular weight is 214 g/mol. The monoisotopic (exact) mass is 214 g/mol. The molecule has 0 saturated heterocycles. The Morgan fingerprint density at radius 2 is 1.88 bits per heavy atom. The van der Waals surface area contributed by atoms with Crippen LogP contribution in [0.15, 0.2) is 48.7 Å². The number of rotatable bonds is 3. The number of allylic oxidation sites excluding steroid dienone is 1. The zero-order valence-corrected chi connectivity index (χ0v) is 9.18. The van der Waals surface area contributed by atoms with Crippen molar-refractivity contribution in [3.8, 4) is 5.75 Å². The molecule has 1 N–H and O–H groups in total. The molecule has 0 aromatic heterocycles. The van der Waals surface area contributed by atoms with Gasteiger partial charge in [0.2, 0.25) is 0 Å². The second kappa shape index (κ2) is 4.71. The fourth-order valence-corrected chi connectivity index (χ4v) is 1.72. The highest BCUT2D eigenvalue weighted by atomic mass is 16.5. The molecule has 2 nitrogen and oxygen atoms in total. The van der Waals surface area contributed by atoms with E-state index in [4.69, 9.17) is 9.84 Å². The quantitative estimate of drug-likeness (QED) is 0.793. The first kappa shape index (κ1) is 10.6. The molecule has 0 spiro atoms. The van der Waals surface area contributed by atoms with E-state index in [1.54, 1.807) is 13.2 Å². The molecule has 0 saturated carbocycles. The van der Waals surface area contributed by atoms with Gasteiger partial charge in [-0.05, 0) is 41.0 Å². The largest absolute Gasteiger partial charge is 0.516 e. The molecule has 0 heterocycles. The molecule has 0 amide bonds. The number of methoxy groups -OCH3 is 1. The summed E-state index contributed by atoms with van der Waals surface area (Å²) in [6, 6.07) is 12.3. The highest BCUT2D eigenvalue weighted by Crippen LogP contribution is 2.22. The minimum atomic E-state index is 0.748. The standard InChI is InChI=1S/C14H14O2/c1-16-14-7-6-12-9-11(3-2-8-15)4-5-13(12)10-14/h2,4-10,15H,3H2,1H3/b8-2+. The van der Waals surface area contributed by atoms with E-state index >= 15 is 0 Å². The molecule has 0 fully saturated rings. The van der Waals surface area contributed by atoms with E-state index in [9.17, 15) is 0 Å². The predicted octanol–water partition coefficient (Wildman–Crippen LogP) is 3.46. The lowest BCUT2D eigenvalue weighted by Gasteiger charge is -2.04. The van der Waals surface area contributed by atoms with Gasteiger partial charge in [-0.3, -0.25) is 0 Å². The zero-order chi connectivity index (χ0) is 11.4. The molecule has 0 atom stereocenters. The first-order valence-electron chi connectivity index (χ1n) is 5.19. The van der Waals surface area contributed by atoms with Gasteiger partial charge in [-0.1, -0.05) is 24.3 Å². The Bertz CT molecular complexity index is 515. The fraction of sp³-hybridized carbons (Fsp3) is 0.143. The number of aliphatic hydroxyl groups excluding tert-OH is 1. The molecule has 0 radical (unpaired) electrons. The molecule has 0 bridgehead atoms. The lowest BCUT2D eigenvalue weighted by molar-refractivity contribution is 0.415. The van der Waals surface area contributed by atoms with E-state index < -0.39 is 0 Å². The number of hydrogen-bond donors (Lipinski definition) is 1. The first-order valence-corrected chi connectivity index (χ1v) is 5.19. The average Bonchev–Trinajstić information content (AvgIpc) is 2.35. The van der Waals surface area contributed by atoms with Gasteiger partial charge < -0.3 is 9.84 Å². The van der Waals surface area contributed by atoms with Crippen molar-refractivity contribution in [1.82, 2.24) is 0 Å². The van der Waals surface area contributed by atoms with Gasteiger partial charge in [-0.15, -0.1) is 0 Å². The van der Waals surface area contributed by atoms with Gasteiger partial charge in [0.1, 0.15) is 5.75 Å². The van der Waals surface area contributed by atoms with Crippen LogP contribution in [-0.2, 0) is 6.42 Å². The second-order valence-electron chi connectivity index (χ2n) is 3.64. The van der Waals surface area contributed by atoms with E-state index in [1.807, 2.05) is 18.2 Å². The minimum absolute atomic E-state index is 0.748. The van der Waals surface area contributed by atoms with Crippen molar-refractivity contribution >= 4 is 10.8 Å². The van der Waals surface area contributed by atoms with Crippen LogP contribution in [0.4, 0.5) is 0 Å². The molecule has 2 aromatic rings. The first-order chi connectivity index (χ1) is 7.83. The van der Waals surface area contributed by atoms with Crippen molar-refractivity contribution in [3.63, 3.8) is 0 Å². The topological polar surface area (TPSA) is 29.5 Å². The minimum Gasteiger partial charge on any atom is -0.516 e. The van der Waals surface area contributed by atoms with Crippen molar-refractivity contribution in [1.29, 1.82) is 0 Å². The molecule has 2 rings (SSSR count). The van der Waals surface area contributed by atoms with E-state index in [-0.39, 0.29) is 0 Å². The maximum Gasteiger partial charge on any atom is 0.119 e. The van der Waals surface area contributed by atoms with E-state index in [1.165, 1.54) is 10.9 Å². The van der Waals surface area contributed by atoms with Crippen LogP contribution >= 0.6 is 0 Å². The third-order valence-electron chi connectivity index (χ3n) is 2.57. The van der Waals surface area contributed by atoms with Crippen LogP contribution in [0.3, 0.4) is 0 Å². The molecule has 0 aliphatic rings. The van der Waals surface area contributed by atoms with E-state index in [0.29, 0.717) is 0 Å². The SMILES string of the molecule is COc1ccc2cc(C/C=C/O)ccc2c1. The number of benzene rings is 2. The molecule has 0 aliphatic carbocycles. The van der Waals surface area contributed by atoms with Gasteiger partial charge in [0, 0.05) is 0 Å². The van der Waals surface area contributed by atoms with Crippen molar-refractivity contribution in [2.45, 2.75) is 6.42 Å². The third kappa shape index (κ3) is 2.16.